The molecule has 0 bridgehead atoms. The van der Waals surface area contributed by atoms with Crippen molar-refractivity contribution in [2.24, 2.45) is 10.2 Å². The Labute approximate surface area is 218 Å². The highest BCUT2D eigenvalue weighted by molar-refractivity contribution is 6.71. The molecule has 1 aliphatic heterocycles. The van der Waals surface area contributed by atoms with Crippen molar-refractivity contribution in [1.29, 1.82) is 0 Å². The van der Waals surface area contributed by atoms with Crippen LogP contribution in [0.5, 0.6) is 5.75 Å². The van der Waals surface area contributed by atoms with Crippen molar-refractivity contribution in [3.63, 3.8) is 0 Å². The van der Waals surface area contributed by atoms with E-state index in [1.54, 1.807) is 13.0 Å². The zero-order valence-corrected chi connectivity index (χ0v) is 20.7. The number of amides is 1. The van der Waals surface area contributed by atoms with Gasteiger partial charge in [0.15, 0.2) is 5.71 Å². The number of fused-ring (bicyclic) bond motifs is 2. The number of carbonyl (C=O) groups is 2. The molecule has 2 aliphatic carbocycles. The number of hydrogen-bond acceptors (Lipinski definition) is 6. The summed E-state index contributed by atoms with van der Waals surface area (Å²) in [6, 6.07) is 11.5. The average molecular weight is 513 g/mol. The number of nitrogens with one attached hydrogen (secondary N) is 1. The van der Waals surface area contributed by atoms with Gasteiger partial charge < -0.3 is 10.2 Å². The number of halogens is 1. The number of nitrogens with zero attached hydrogens (tertiary/aromatic N) is 3. The van der Waals surface area contributed by atoms with Crippen molar-refractivity contribution >= 4 is 34.7 Å². The first-order valence-corrected chi connectivity index (χ1v) is 12.6. The molecular formula is C29H25FN4O4. The number of phenolic OH excluding ortho intramolecular Hbond substituents is 1. The molecule has 0 saturated carbocycles. The number of aromatic hydroxyl groups is 1. The Balaban J connectivity index is 1.34. The first-order chi connectivity index (χ1) is 18.3. The van der Waals surface area contributed by atoms with Gasteiger partial charge in [0, 0.05) is 5.56 Å². The Morgan fingerprint density at radius 3 is 2.61 bits per heavy atom. The lowest BCUT2D eigenvalue weighted by molar-refractivity contribution is -0.112. The topological polar surface area (TPSA) is 115 Å². The average Bonchev–Trinajstić information content (AvgIpc) is 3.62. The lowest BCUT2D eigenvalue weighted by Crippen LogP contribution is -2.28. The number of aryl methyl sites for hydroxylation is 3. The number of carbonyl (C=O) groups excluding carboxylic acids is 1. The smallest absolute Gasteiger partial charge is 0.338 e. The highest BCUT2D eigenvalue weighted by Crippen LogP contribution is 2.43. The van der Waals surface area contributed by atoms with Gasteiger partial charge in [-0.15, -0.1) is 0 Å². The van der Waals surface area contributed by atoms with Crippen molar-refractivity contribution in [2.75, 3.05) is 10.4 Å². The molecule has 1 heterocycles. The number of carboxylic acid groups (broad SMARTS) is 1. The molecule has 0 spiro atoms. The van der Waals surface area contributed by atoms with Crippen LogP contribution in [-0.2, 0) is 30.5 Å². The van der Waals surface area contributed by atoms with E-state index < -0.39 is 17.3 Å². The summed E-state index contributed by atoms with van der Waals surface area (Å²) in [4.78, 5) is 24.7. The van der Waals surface area contributed by atoms with Crippen LogP contribution in [0.2, 0.25) is 0 Å². The first kappa shape index (κ1) is 23.8. The lowest BCUT2D eigenvalue weighted by Gasteiger charge is -2.16. The van der Waals surface area contributed by atoms with Crippen LogP contribution in [0.15, 0.2) is 52.7 Å². The minimum absolute atomic E-state index is 0.136. The minimum Gasteiger partial charge on any atom is -0.505 e. The summed E-state index contributed by atoms with van der Waals surface area (Å²) >= 11 is 0. The van der Waals surface area contributed by atoms with Crippen molar-refractivity contribution in [2.45, 2.75) is 45.4 Å². The summed E-state index contributed by atoms with van der Waals surface area (Å²) in [5.74, 6) is -2.76. The Morgan fingerprint density at radius 2 is 1.79 bits per heavy atom. The molecular weight excluding hydrogens is 487 g/mol. The van der Waals surface area contributed by atoms with E-state index in [0.717, 1.165) is 49.3 Å². The number of benzene rings is 3. The standard InChI is InChI=1S/C29H25FN4O4/c1-15-25(28(36)34(33-15)20-10-8-16-4-2-5-17(16)12-20)31-32-26-21-7-3-6-18(21)13-22(27(26)35)19-9-11-24(30)23(14-19)29(37)38/h8-14,32,35H,2-7H2,1H3,(H,37,38)/b31-25-. The van der Waals surface area contributed by atoms with Gasteiger partial charge in [0.05, 0.1) is 17.0 Å². The number of anilines is 2. The van der Waals surface area contributed by atoms with E-state index in [0.29, 0.717) is 34.6 Å². The molecule has 6 rings (SSSR count). The van der Waals surface area contributed by atoms with Crippen LogP contribution in [0.25, 0.3) is 11.1 Å². The van der Waals surface area contributed by atoms with E-state index in [4.69, 9.17) is 0 Å². The zero-order chi connectivity index (χ0) is 26.6. The highest BCUT2D eigenvalue weighted by Gasteiger charge is 2.32. The number of carboxylic acids is 1. The fourth-order valence-electron chi connectivity index (χ4n) is 5.53. The van der Waals surface area contributed by atoms with Gasteiger partial charge in [-0.05, 0) is 104 Å². The molecule has 3 aliphatic rings. The summed E-state index contributed by atoms with van der Waals surface area (Å²) < 4.78 is 14.0. The van der Waals surface area contributed by atoms with E-state index in [-0.39, 0.29) is 17.4 Å². The second-order valence-electron chi connectivity index (χ2n) is 9.82. The van der Waals surface area contributed by atoms with E-state index in [1.807, 2.05) is 18.2 Å². The minimum atomic E-state index is -1.39. The Hall–Kier alpha value is -4.53. The van der Waals surface area contributed by atoms with Crippen molar-refractivity contribution in [1.82, 2.24) is 0 Å². The third kappa shape index (κ3) is 3.91. The zero-order valence-electron chi connectivity index (χ0n) is 20.7. The van der Waals surface area contributed by atoms with Crippen LogP contribution in [0.4, 0.5) is 15.8 Å². The number of aromatic carboxylic acids is 1. The molecule has 3 aromatic rings. The Kier molecular flexibility index (Phi) is 5.71. The van der Waals surface area contributed by atoms with Crippen LogP contribution in [0.3, 0.4) is 0 Å². The van der Waals surface area contributed by atoms with Gasteiger partial charge in [-0.25, -0.2) is 9.18 Å². The predicted molar refractivity (Wildman–Crippen MR) is 143 cm³/mol. The molecule has 3 aromatic carbocycles. The van der Waals surface area contributed by atoms with Gasteiger partial charge in [-0.3, -0.25) is 10.2 Å². The molecule has 8 nitrogen and oxygen atoms in total. The third-order valence-electron chi connectivity index (χ3n) is 7.47. The van der Waals surface area contributed by atoms with Gasteiger partial charge in [0.1, 0.15) is 17.3 Å². The van der Waals surface area contributed by atoms with Gasteiger partial charge in [-0.2, -0.15) is 15.2 Å². The molecule has 0 unspecified atom stereocenters. The van der Waals surface area contributed by atoms with Crippen LogP contribution in [0, 0.1) is 5.82 Å². The molecule has 0 radical (unpaired) electrons. The quantitative estimate of drug-likeness (QED) is 0.326. The predicted octanol–water partition coefficient (Wildman–Crippen LogP) is 5.06. The van der Waals surface area contributed by atoms with Gasteiger partial charge in [0.25, 0.3) is 0 Å². The maximum atomic E-state index is 14.0. The van der Waals surface area contributed by atoms with Crippen LogP contribution in [0.1, 0.15) is 52.4 Å². The van der Waals surface area contributed by atoms with E-state index in [2.05, 4.69) is 15.6 Å². The van der Waals surface area contributed by atoms with Crippen molar-refractivity contribution in [3.8, 4) is 16.9 Å². The fourth-order valence-corrected chi connectivity index (χ4v) is 5.53. The van der Waals surface area contributed by atoms with E-state index in [9.17, 15) is 24.2 Å². The van der Waals surface area contributed by atoms with Crippen LogP contribution < -0.4 is 10.4 Å². The van der Waals surface area contributed by atoms with Crippen molar-refractivity contribution < 1.29 is 24.2 Å². The second kappa shape index (κ2) is 9.09. The first-order valence-electron chi connectivity index (χ1n) is 12.6. The number of phenols is 1. The summed E-state index contributed by atoms with van der Waals surface area (Å²) in [7, 11) is 0. The fraction of sp³-hybridized carbons (Fsp3) is 0.241. The summed E-state index contributed by atoms with van der Waals surface area (Å²) in [5.41, 5.74) is 9.17. The van der Waals surface area contributed by atoms with Crippen LogP contribution >= 0.6 is 0 Å². The summed E-state index contributed by atoms with van der Waals surface area (Å²) in [6.45, 7) is 1.71. The molecule has 0 atom stereocenters. The molecule has 192 valence electrons. The number of hydrazone groups is 2. The molecule has 9 heteroatoms. The monoisotopic (exact) mass is 512 g/mol. The highest BCUT2D eigenvalue weighted by atomic mass is 19.1. The molecule has 0 aromatic heterocycles. The Morgan fingerprint density at radius 1 is 1.03 bits per heavy atom. The normalized spacial score (nSPS) is 17.1. The van der Waals surface area contributed by atoms with E-state index >= 15 is 0 Å². The number of hydrogen-bond donors (Lipinski definition) is 3. The number of rotatable bonds is 5. The molecule has 0 fully saturated rings. The third-order valence-corrected chi connectivity index (χ3v) is 7.47. The molecule has 38 heavy (non-hydrogen) atoms. The maximum Gasteiger partial charge on any atom is 0.338 e. The molecule has 0 saturated heterocycles. The van der Waals surface area contributed by atoms with Gasteiger partial charge in [0.2, 0.25) is 0 Å². The second-order valence-corrected chi connectivity index (χ2v) is 9.82. The molecule has 3 N–H and O–H groups in total. The summed E-state index contributed by atoms with van der Waals surface area (Å²) in [6.07, 6.45) is 5.49. The Bertz CT molecular complexity index is 1590. The van der Waals surface area contributed by atoms with Crippen molar-refractivity contribution in [3.05, 3.63) is 76.1 Å². The van der Waals surface area contributed by atoms with Gasteiger partial charge >= 0.3 is 11.9 Å². The summed E-state index contributed by atoms with van der Waals surface area (Å²) in [5, 5.41) is 30.7. The lowest BCUT2D eigenvalue weighted by atomic mass is 9.96. The van der Waals surface area contributed by atoms with Crippen LogP contribution in [-0.4, -0.2) is 33.5 Å². The van der Waals surface area contributed by atoms with E-state index in [1.165, 1.54) is 28.3 Å². The SMILES string of the molecule is CC1=NN(c2ccc3c(c2)CCC3)C(=O)/C1=N\Nc1c(O)c(-c2ccc(F)c(C(=O)O)c2)cc2c1CCC2. The maximum absolute atomic E-state index is 14.0. The van der Waals surface area contributed by atoms with Gasteiger partial charge in [-0.1, -0.05) is 12.1 Å². The molecule has 1 amide bonds. The largest absolute Gasteiger partial charge is 0.505 e.